The molecule has 1 heterocycles. The van der Waals surface area contributed by atoms with Gasteiger partial charge in [0.25, 0.3) is 5.91 Å². The summed E-state index contributed by atoms with van der Waals surface area (Å²) in [7, 11) is 1.81. The fraction of sp³-hybridized carbons (Fsp3) is 0.286. The van der Waals surface area contributed by atoms with E-state index in [0.29, 0.717) is 18.7 Å². The molecular formula is C14H18N4O. The van der Waals surface area contributed by atoms with Crippen molar-refractivity contribution in [3.8, 4) is 0 Å². The Balaban J connectivity index is 1.97. The molecule has 1 amide bonds. The van der Waals surface area contributed by atoms with Crippen molar-refractivity contribution < 1.29 is 4.79 Å². The van der Waals surface area contributed by atoms with Crippen molar-refractivity contribution in [1.29, 1.82) is 0 Å². The summed E-state index contributed by atoms with van der Waals surface area (Å²) in [6, 6.07) is 5.78. The lowest BCUT2D eigenvalue weighted by Crippen LogP contribution is -2.27. The van der Waals surface area contributed by atoms with E-state index in [1.165, 1.54) is 0 Å². The molecule has 2 aromatic rings. The van der Waals surface area contributed by atoms with E-state index in [2.05, 4.69) is 15.6 Å². The van der Waals surface area contributed by atoms with Gasteiger partial charge < -0.3 is 15.2 Å². The maximum absolute atomic E-state index is 12.1. The number of anilines is 1. The maximum Gasteiger partial charge on any atom is 0.253 e. The van der Waals surface area contributed by atoms with E-state index in [9.17, 15) is 4.79 Å². The lowest BCUT2D eigenvalue weighted by molar-refractivity contribution is 0.0953. The third kappa shape index (κ3) is 3.34. The first-order valence-electron chi connectivity index (χ1n) is 6.23. The minimum Gasteiger partial charge on any atom is -0.387 e. The molecule has 0 aliphatic carbocycles. The summed E-state index contributed by atoms with van der Waals surface area (Å²) in [6.45, 7) is 3.26. The van der Waals surface area contributed by atoms with Gasteiger partial charge in [-0.3, -0.25) is 4.79 Å². The van der Waals surface area contributed by atoms with E-state index in [0.717, 1.165) is 11.3 Å². The Morgan fingerprint density at radius 2 is 2.26 bits per heavy atom. The number of hydrogen-bond donors (Lipinski definition) is 2. The molecule has 1 aromatic carbocycles. The van der Waals surface area contributed by atoms with Crippen molar-refractivity contribution in [1.82, 2.24) is 14.9 Å². The van der Waals surface area contributed by atoms with E-state index in [4.69, 9.17) is 0 Å². The van der Waals surface area contributed by atoms with Crippen LogP contribution < -0.4 is 10.6 Å². The fourth-order valence-corrected chi connectivity index (χ4v) is 1.88. The molecule has 0 radical (unpaired) electrons. The van der Waals surface area contributed by atoms with E-state index >= 15 is 0 Å². The molecule has 0 saturated carbocycles. The van der Waals surface area contributed by atoms with Crippen LogP contribution in [0.4, 0.5) is 5.69 Å². The van der Waals surface area contributed by atoms with E-state index in [1.807, 2.05) is 42.9 Å². The first-order chi connectivity index (χ1) is 9.20. The number of carbonyl (C=O) groups is 1. The summed E-state index contributed by atoms with van der Waals surface area (Å²) in [5.74, 6) is -0.0619. The molecule has 2 rings (SSSR count). The largest absolute Gasteiger partial charge is 0.387 e. The Morgan fingerprint density at radius 3 is 2.95 bits per heavy atom. The minimum absolute atomic E-state index is 0.0619. The predicted molar refractivity (Wildman–Crippen MR) is 75.3 cm³/mol. The highest BCUT2D eigenvalue weighted by Gasteiger charge is 2.10. The van der Waals surface area contributed by atoms with Crippen LogP contribution in [0.25, 0.3) is 0 Å². The minimum atomic E-state index is -0.0619. The van der Waals surface area contributed by atoms with Gasteiger partial charge in [-0.25, -0.2) is 4.98 Å². The average molecular weight is 258 g/mol. The molecule has 100 valence electrons. The van der Waals surface area contributed by atoms with Crippen LogP contribution in [0, 0.1) is 6.92 Å². The van der Waals surface area contributed by atoms with Crippen molar-refractivity contribution in [2.45, 2.75) is 13.5 Å². The zero-order chi connectivity index (χ0) is 13.7. The molecular weight excluding hydrogens is 240 g/mol. The van der Waals surface area contributed by atoms with Crippen LogP contribution in [-0.4, -0.2) is 29.1 Å². The number of imidazole rings is 1. The number of nitrogens with zero attached hydrogens (tertiary/aromatic N) is 2. The van der Waals surface area contributed by atoms with Crippen LogP contribution >= 0.6 is 0 Å². The molecule has 0 atom stereocenters. The van der Waals surface area contributed by atoms with Gasteiger partial charge in [-0.2, -0.15) is 0 Å². The summed E-state index contributed by atoms with van der Waals surface area (Å²) in [5.41, 5.74) is 2.58. The highest BCUT2D eigenvalue weighted by Crippen LogP contribution is 2.16. The summed E-state index contributed by atoms with van der Waals surface area (Å²) in [4.78, 5) is 16.1. The molecule has 0 unspecified atom stereocenters. The van der Waals surface area contributed by atoms with E-state index in [-0.39, 0.29) is 5.91 Å². The van der Waals surface area contributed by atoms with E-state index < -0.39 is 0 Å². The Hall–Kier alpha value is -2.30. The second-order valence-electron chi connectivity index (χ2n) is 4.36. The smallest absolute Gasteiger partial charge is 0.253 e. The Bertz CT molecular complexity index is 549. The maximum atomic E-state index is 12.1. The molecule has 0 fully saturated rings. The summed E-state index contributed by atoms with van der Waals surface area (Å²) >= 11 is 0. The SMILES string of the molecule is CNc1ccc(C)cc1C(=O)NCCn1ccnc1. The summed E-state index contributed by atoms with van der Waals surface area (Å²) in [5, 5.41) is 5.94. The third-order valence-electron chi connectivity index (χ3n) is 2.90. The summed E-state index contributed by atoms with van der Waals surface area (Å²) in [6.07, 6.45) is 5.33. The van der Waals surface area contributed by atoms with Gasteiger partial charge in [0.15, 0.2) is 0 Å². The number of nitrogens with one attached hydrogen (secondary N) is 2. The monoisotopic (exact) mass is 258 g/mol. The van der Waals surface area contributed by atoms with Crippen molar-refractivity contribution in [3.63, 3.8) is 0 Å². The van der Waals surface area contributed by atoms with Gasteiger partial charge >= 0.3 is 0 Å². The van der Waals surface area contributed by atoms with Crippen LogP contribution in [0.5, 0.6) is 0 Å². The average Bonchev–Trinajstić information content (AvgIpc) is 2.91. The van der Waals surface area contributed by atoms with Gasteiger partial charge in [-0.05, 0) is 19.1 Å². The van der Waals surface area contributed by atoms with Crippen LogP contribution in [0.2, 0.25) is 0 Å². The third-order valence-corrected chi connectivity index (χ3v) is 2.90. The highest BCUT2D eigenvalue weighted by atomic mass is 16.1. The molecule has 5 nitrogen and oxygen atoms in total. The number of hydrogen-bond acceptors (Lipinski definition) is 3. The van der Waals surface area contributed by atoms with E-state index in [1.54, 1.807) is 12.5 Å². The molecule has 0 aliphatic heterocycles. The van der Waals surface area contributed by atoms with Gasteiger partial charge in [0.1, 0.15) is 0 Å². The number of benzene rings is 1. The molecule has 2 N–H and O–H groups in total. The lowest BCUT2D eigenvalue weighted by Gasteiger charge is -2.11. The normalized spacial score (nSPS) is 10.2. The number of amides is 1. The molecule has 1 aromatic heterocycles. The van der Waals surface area contributed by atoms with Crippen molar-refractivity contribution in [2.24, 2.45) is 0 Å². The molecule has 0 saturated heterocycles. The predicted octanol–water partition coefficient (Wildman–Crippen LogP) is 1.66. The van der Waals surface area contributed by atoms with Gasteiger partial charge in [0.05, 0.1) is 11.9 Å². The van der Waals surface area contributed by atoms with Gasteiger partial charge in [-0.15, -0.1) is 0 Å². The fourth-order valence-electron chi connectivity index (χ4n) is 1.88. The Morgan fingerprint density at radius 1 is 1.42 bits per heavy atom. The molecule has 19 heavy (non-hydrogen) atoms. The topological polar surface area (TPSA) is 59.0 Å². The van der Waals surface area contributed by atoms with Gasteiger partial charge in [-0.1, -0.05) is 11.6 Å². The highest BCUT2D eigenvalue weighted by molar-refractivity contribution is 5.99. The van der Waals surface area contributed by atoms with Crippen LogP contribution in [0.1, 0.15) is 15.9 Å². The Kier molecular flexibility index (Phi) is 4.18. The molecule has 5 heteroatoms. The quantitative estimate of drug-likeness (QED) is 0.857. The lowest BCUT2D eigenvalue weighted by atomic mass is 10.1. The zero-order valence-electron chi connectivity index (χ0n) is 11.2. The standard InChI is InChI=1S/C14H18N4O/c1-11-3-4-13(15-2)12(9-11)14(19)17-6-8-18-7-5-16-10-18/h3-5,7,9-10,15H,6,8H2,1-2H3,(H,17,19). The number of aryl methyl sites for hydroxylation is 1. The van der Waals surface area contributed by atoms with Crippen LogP contribution in [0.15, 0.2) is 36.9 Å². The van der Waals surface area contributed by atoms with Crippen molar-refractivity contribution >= 4 is 11.6 Å². The zero-order valence-corrected chi connectivity index (χ0v) is 11.2. The molecule has 0 aliphatic rings. The van der Waals surface area contributed by atoms with Gasteiger partial charge in [0.2, 0.25) is 0 Å². The van der Waals surface area contributed by atoms with Gasteiger partial charge in [0, 0.05) is 38.2 Å². The number of rotatable bonds is 5. The van der Waals surface area contributed by atoms with Crippen LogP contribution in [-0.2, 0) is 6.54 Å². The summed E-state index contributed by atoms with van der Waals surface area (Å²) < 4.78 is 1.93. The van der Waals surface area contributed by atoms with Crippen molar-refractivity contribution in [2.75, 3.05) is 18.9 Å². The molecule has 0 spiro atoms. The molecule has 0 bridgehead atoms. The van der Waals surface area contributed by atoms with Crippen LogP contribution in [0.3, 0.4) is 0 Å². The second kappa shape index (κ2) is 6.04. The Labute approximate surface area is 112 Å². The first-order valence-corrected chi connectivity index (χ1v) is 6.23. The second-order valence-corrected chi connectivity index (χ2v) is 4.36. The first kappa shape index (κ1) is 13.1. The number of aromatic nitrogens is 2. The van der Waals surface area contributed by atoms with Crippen molar-refractivity contribution in [3.05, 3.63) is 48.0 Å². The number of carbonyl (C=O) groups excluding carboxylic acids is 1.